The summed E-state index contributed by atoms with van der Waals surface area (Å²) in [5.74, 6) is 1.35. The van der Waals surface area contributed by atoms with Crippen LogP contribution in [-0.2, 0) is 0 Å². The van der Waals surface area contributed by atoms with E-state index in [0.29, 0.717) is 16.5 Å². The van der Waals surface area contributed by atoms with Crippen molar-refractivity contribution in [3.05, 3.63) is 33.8 Å². The van der Waals surface area contributed by atoms with Gasteiger partial charge in [-0.15, -0.1) is 11.3 Å². The molecule has 1 aliphatic carbocycles. The molecule has 1 aromatic heterocycles. The van der Waals surface area contributed by atoms with Crippen LogP contribution in [0, 0.1) is 6.92 Å². The third kappa shape index (κ3) is 4.19. The minimum Gasteiger partial charge on any atom is -0.493 e. The van der Waals surface area contributed by atoms with Gasteiger partial charge in [-0.2, -0.15) is 5.10 Å². The number of ether oxygens (including phenoxy) is 2. The van der Waals surface area contributed by atoms with Gasteiger partial charge in [0.2, 0.25) is 5.13 Å². The Bertz CT molecular complexity index is 727. The summed E-state index contributed by atoms with van der Waals surface area (Å²) in [4.78, 5) is 4.29. The average molecular weight is 366 g/mol. The van der Waals surface area contributed by atoms with E-state index < -0.39 is 0 Å². The zero-order valence-electron chi connectivity index (χ0n) is 13.7. The van der Waals surface area contributed by atoms with Gasteiger partial charge in [-0.1, -0.05) is 11.6 Å². The number of hydrogen-bond acceptors (Lipinski definition) is 6. The molecule has 24 heavy (non-hydrogen) atoms. The van der Waals surface area contributed by atoms with Crippen LogP contribution in [0.2, 0.25) is 5.02 Å². The fraction of sp³-hybridized carbons (Fsp3) is 0.412. The number of aromatic nitrogens is 1. The number of aryl methyl sites for hydroxylation is 1. The number of hydrazone groups is 1. The van der Waals surface area contributed by atoms with Gasteiger partial charge in [0.15, 0.2) is 11.5 Å². The SMILES string of the molecule is COc1cc(C=NNc2nc(C)cs2)c(Cl)cc1OC1CCCC1. The molecule has 128 valence electrons. The lowest BCUT2D eigenvalue weighted by Crippen LogP contribution is -2.11. The second kappa shape index (κ2) is 7.85. The fourth-order valence-electron chi connectivity index (χ4n) is 2.65. The highest BCUT2D eigenvalue weighted by Gasteiger charge is 2.19. The maximum Gasteiger partial charge on any atom is 0.203 e. The highest BCUT2D eigenvalue weighted by molar-refractivity contribution is 7.13. The molecule has 5 nitrogen and oxygen atoms in total. The number of methoxy groups -OCH3 is 1. The van der Waals surface area contributed by atoms with Gasteiger partial charge in [0, 0.05) is 17.0 Å². The summed E-state index contributed by atoms with van der Waals surface area (Å²) in [6, 6.07) is 3.64. The zero-order chi connectivity index (χ0) is 16.9. The van der Waals surface area contributed by atoms with Crippen LogP contribution in [0.4, 0.5) is 5.13 Å². The monoisotopic (exact) mass is 365 g/mol. The molecule has 1 N–H and O–H groups in total. The van der Waals surface area contributed by atoms with Crippen molar-refractivity contribution in [3.8, 4) is 11.5 Å². The Hall–Kier alpha value is -1.79. The third-order valence-corrected chi connectivity index (χ3v) is 5.05. The minimum atomic E-state index is 0.254. The van der Waals surface area contributed by atoms with E-state index in [1.807, 2.05) is 18.4 Å². The molecular formula is C17H20ClN3O2S. The van der Waals surface area contributed by atoms with Crippen molar-refractivity contribution in [1.29, 1.82) is 0 Å². The van der Waals surface area contributed by atoms with Gasteiger partial charge >= 0.3 is 0 Å². The van der Waals surface area contributed by atoms with E-state index in [9.17, 15) is 0 Å². The average Bonchev–Trinajstić information content (AvgIpc) is 3.21. The molecule has 3 rings (SSSR count). The van der Waals surface area contributed by atoms with Gasteiger partial charge in [-0.3, -0.25) is 5.43 Å². The van der Waals surface area contributed by atoms with Crippen LogP contribution < -0.4 is 14.9 Å². The predicted molar refractivity (Wildman–Crippen MR) is 99.0 cm³/mol. The summed E-state index contributed by atoms with van der Waals surface area (Å²) in [6.07, 6.45) is 6.51. The number of rotatable bonds is 6. The summed E-state index contributed by atoms with van der Waals surface area (Å²) in [7, 11) is 1.63. The minimum absolute atomic E-state index is 0.254. The van der Waals surface area contributed by atoms with Gasteiger partial charge in [-0.25, -0.2) is 4.98 Å². The molecule has 0 spiro atoms. The normalized spacial score (nSPS) is 15.1. The molecule has 1 aliphatic rings. The first-order valence-corrected chi connectivity index (χ1v) is 9.17. The van der Waals surface area contributed by atoms with Crippen molar-refractivity contribution in [2.75, 3.05) is 12.5 Å². The van der Waals surface area contributed by atoms with Gasteiger partial charge in [0.25, 0.3) is 0 Å². The molecule has 7 heteroatoms. The first kappa shape index (κ1) is 17.0. The summed E-state index contributed by atoms with van der Waals surface area (Å²) < 4.78 is 11.5. The maximum atomic E-state index is 6.36. The number of hydrogen-bond donors (Lipinski definition) is 1. The van der Waals surface area contributed by atoms with E-state index in [-0.39, 0.29) is 6.10 Å². The molecule has 1 aromatic carbocycles. The van der Waals surface area contributed by atoms with Gasteiger partial charge < -0.3 is 9.47 Å². The fourth-order valence-corrected chi connectivity index (χ4v) is 3.49. The molecule has 1 heterocycles. The Labute approximate surface area is 150 Å². The summed E-state index contributed by atoms with van der Waals surface area (Å²) in [5.41, 5.74) is 4.62. The first-order valence-electron chi connectivity index (χ1n) is 7.91. The maximum absolute atomic E-state index is 6.36. The largest absolute Gasteiger partial charge is 0.493 e. The molecule has 0 saturated heterocycles. The Morgan fingerprint density at radius 1 is 1.33 bits per heavy atom. The summed E-state index contributed by atoms with van der Waals surface area (Å²) in [6.45, 7) is 1.94. The van der Waals surface area contributed by atoms with Crippen LogP contribution in [-0.4, -0.2) is 24.4 Å². The molecule has 2 aromatic rings. The Morgan fingerprint density at radius 3 is 2.79 bits per heavy atom. The lowest BCUT2D eigenvalue weighted by atomic mass is 10.2. The number of nitrogens with zero attached hydrogens (tertiary/aromatic N) is 2. The van der Waals surface area contributed by atoms with E-state index in [1.54, 1.807) is 19.4 Å². The predicted octanol–water partition coefficient (Wildman–Crippen LogP) is 4.88. The topological polar surface area (TPSA) is 55.7 Å². The standard InChI is InChI=1S/C17H20ClN3O2S/c1-11-10-24-17(20-11)21-19-9-12-7-15(22-2)16(8-14(12)18)23-13-5-3-4-6-13/h7-10,13H,3-6H2,1-2H3,(H,20,21). The lowest BCUT2D eigenvalue weighted by molar-refractivity contribution is 0.201. The second-order valence-corrected chi connectivity index (χ2v) is 6.98. The molecule has 0 bridgehead atoms. The number of nitrogens with one attached hydrogen (secondary N) is 1. The van der Waals surface area contributed by atoms with Crippen LogP contribution in [0.3, 0.4) is 0 Å². The second-order valence-electron chi connectivity index (χ2n) is 5.71. The smallest absolute Gasteiger partial charge is 0.203 e. The number of benzene rings is 1. The third-order valence-electron chi connectivity index (χ3n) is 3.86. The Morgan fingerprint density at radius 2 is 2.12 bits per heavy atom. The number of anilines is 1. The van der Waals surface area contributed by atoms with Crippen LogP contribution in [0.25, 0.3) is 0 Å². The van der Waals surface area contributed by atoms with Crippen LogP contribution in [0.5, 0.6) is 11.5 Å². The van der Waals surface area contributed by atoms with E-state index in [4.69, 9.17) is 21.1 Å². The quantitative estimate of drug-likeness (QED) is 0.585. The number of halogens is 1. The van der Waals surface area contributed by atoms with E-state index in [0.717, 1.165) is 29.2 Å². The molecule has 0 atom stereocenters. The van der Waals surface area contributed by atoms with E-state index in [1.165, 1.54) is 24.2 Å². The lowest BCUT2D eigenvalue weighted by Gasteiger charge is -2.16. The molecule has 1 fully saturated rings. The molecule has 0 unspecified atom stereocenters. The van der Waals surface area contributed by atoms with Crippen molar-refractivity contribution in [2.24, 2.45) is 5.10 Å². The Kier molecular flexibility index (Phi) is 5.58. The zero-order valence-corrected chi connectivity index (χ0v) is 15.3. The highest BCUT2D eigenvalue weighted by atomic mass is 35.5. The van der Waals surface area contributed by atoms with Crippen LogP contribution in [0.15, 0.2) is 22.6 Å². The van der Waals surface area contributed by atoms with E-state index in [2.05, 4.69) is 15.5 Å². The van der Waals surface area contributed by atoms with Gasteiger partial charge in [-0.05, 0) is 38.7 Å². The molecular weight excluding hydrogens is 346 g/mol. The van der Waals surface area contributed by atoms with Crippen LogP contribution in [0.1, 0.15) is 36.9 Å². The van der Waals surface area contributed by atoms with Crippen LogP contribution >= 0.6 is 22.9 Å². The van der Waals surface area contributed by atoms with E-state index >= 15 is 0 Å². The van der Waals surface area contributed by atoms with Gasteiger partial charge in [0.1, 0.15) is 0 Å². The molecule has 0 radical (unpaired) electrons. The molecule has 0 amide bonds. The van der Waals surface area contributed by atoms with Crippen molar-refractivity contribution >= 4 is 34.3 Å². The van der Waals surface area contributed by atoms with Crippen molar-refractivity contribution in [2.45, 2.75) is 38.7 Å². The molecule has 0 aliphatic heterocycles. The Balaban J connectivity index is 1.73. The first-order chi connectivity index (χ1) is 11.7. The van der Waals surface area contributed by atoms with Crippen molar-refractivity contribution in [3.63, 3.8) is 0 Å². The summed E-state index contributed by atoms with van der Waals surface area (Å²) in [5, 5.41) is 7.47. The number of thiazole rings is 1. The highest BCUT2D eigenvalue weighted by Crippen LogP contribution is 2.35. The molecule has 1 saturated carbocycles. The van der Waals surface area contributed by atoms with Crippen molar-refractivity contribution in [1.82, 2.24) is 4.98 Å². The van der Waals surface area contributed by atoms with Gasteiger partial charge in [0.05, 0.1) is 30.1 Å². The van der Waals surface area contributed by atoms with Crippen molar-refractivity contribution < 1.29 is 9.47 Å². The summed E-state index contributed by atoms with van der Waals surface area (Å²) >= 11 is 7.87.